The largest absolute Gasteiger partial charge is 0.497 e. The van der Waals surface area contributed by atoms with Crippen molar-refractivity contribution in [2.75, 3.05) is 13.4 Å². The minimum atomic E-state index is -1.01. The second-order valence-corrected chi connectivity index (χ2v) is 6.64. The van der Waals surface area contributed by atoms with Gasteiger partial charge in [0.1, 0.15) is 11.8 Å². The van der Waals surface area contributed by atoms with Crippen molar-refractivity contribution in [1.29, 1.82) is 5.26 Å². The third-order valence-electron chi connectivity index (χ3n) is 3.98. The van der Waals surface area contributed by atoms with Gasteiger partial charge in [-0.2, -0.15) is 5.26 Å². The molecule has 0 radical (unpaired) electrons. The Kier molecular flexibility index (Phi) is 3.93. The Balaban J connectivity index is 2.26. The fraction of sp³-hybridized carbons (Fsp3) is 0.167. The zero-order valence-electron chi connectivity index (χ0n) is 13.2. The molecule has 0 N–H and O–H groups in total. The zero-order chi connectivity index (χ0) is 16.6. The molecule has 0 spiro atoms. The van der Waals surface area contributed by atoms with Gasteiger partial charge in [0.15, 0.2) is 0 Å². The van der Waals surface area contributed by atoms with Crippen LogP contribution in [0.15, 0.2) is 47.4 Å². The van der Waals surface area contributed by atoms with E-state index in [-0.39, 0.29) is 0 Å². The molecule has 1 heterocycles. The van der Waals surface area contributed by atoms with E-state index in [2.05, 4.69) is 6.07 Å². The fourth-order valence-electron chi connectivity index (χ4n) is 2.80. The topological polar surface area (TPSA) is 55.0 Å². The highest BCUT2D eigenvalue weighted by molar-refractivity contribution is 7.84. The molecule has 0 aliphatic rings. The van der Waals surface area contributed by atoms with E-state index in [1.165, 1.54) is 0 Å². The predicted molar refractivity (Wildman–Crippen MR) is 92.0 cm³/mol. The van der Waals surface area contributed by atoms with Crippen LogP contribution in [0, 0.1) is 11.3 Å². The lowest BCUT2D eigenvalue weighted by Gasteiger charge is -2.06. The molecule has 1 aromatic heterocycles. The van der Waals surface area contributed by atoms with Gasteiger partial charge in [0.05, 0.1) is 23.9 Å². The van der Waals surface area contributed by atoms with Crippen LogP contribution in [0.1, 0.15) is 5.56 Å². The molecule has 3 aromatic rings. The minimum Gasteiger partial charge on any atom is -0.497 e. The van der Waals surface area contributed by atoms with Crippen molar-refractivity contribution in [2.24, 2.45) is 7.05 Å². The van der Waals surface area contributed by atoms with Crippen LogP contribution >= 0.6 is 0 Å². The van der Waals surface area contributed by atoms with Gasteiger partial charge < -0.3 is 9.30 Å². The van der Waals surface area contributed by atoms with Gasteiger partial charge in [-0.25, -0.2) is 0 Å². The SMILES string of the molecule is COc1ccc2c(C#N)c(-c3ccc(S(C)=O)cc3)n(C)c2c1. The number of benzene rings is 2. The van der Waals surface area contributed by atoms with Crippen LogP contribution < -0.4 is 4.74 Å². The summed E-state index contributed by atoms with van der Waals surface area (Å²) < 4.78 is 18.8. The second kappa shape index (κ2) is 5.90. The number of hydrogen-bond donors (Lipinski definition) is 0. The lowest BCUT2D eigenvalue weighted by molar-refractivity contribution is 0.415. The number of methoxy groups -OCH3 is 1. The van der Waals surface area contributed by atoms with Crippen molar-refractivity contribution in [3.8, 4) is 23.1 Å². The maximum Gasteiger partial charge on any atom is 0.120 e. The Labute approximate surface area is 137 Å². The summed E-state index contributed by atoms with van der Waals surface area (Å²) in [6.45, 7) is 0. The molecule has 0 amide bonds. The zero-order valence-corrected chi connectivity index (χ0v) is 14.0. The smallest absolute Gasteiger partial charge is 0.120 e. The van der Waals surface area contributed by atoms with Gasteiger partial charge in [-0.15, -0.1) is 0 Å². The number of hydrogen-bond acceptors (Lipinski definition) is 3. The molecule has 1 unspecified atom stereocenters. The highest BCUT2D eigenvalue weighted by Gasteiger charge is 2.17. The third-order valence-corrected chi connectivity index (χ3v) is 4.92. The number of rotatable bonds is 3. The van der Waals surface area contributed by atoms with Crippen LogP contribution in [-0.4, -0.2) is 22.1 Å². The second-order valence-electron chi connectivity index (χ2n) is 5.26. The molecule has 1 atom stereocenters. The number of ether oxygens (including phenoxy) is 1. The summed E-state index contributed by atoms with van der Waals surface area (Å²) >= 11 is 0. The van der Waals surface area contributed by atoms with E-state index in [1.807, 2.05) is 54.1 Å². The molecule has 0 fully saturated rings. The Bertz CT molecular complexity index is 950. The molecule has 2 aromatic carbocycles. The normalized spacial score (nSPS) is 12.1. The van der Waals surface area contributed by atoms with Crippen molar-refractivity contribution in [1.82, 2.24) is 4.57 Å². The van der Waals surface area contributed by atoms with E-state index in [0.717, 1.165) is 32.8 Å². The van der Waals surface area contributed by atoms with Gasteiger partial charge in [-0.3, -0.25) is 4.21 Å². The molecular weight excluding hydrogens is 308 g/mol. The number of fused-ring (bicyclic) bond motifs is 1. The first-order valence-electron chi connectivity index (χ1n) is 7.07. The third kappa shape index (κ3) is 2.51. The Morgan fingerprint density at radius 1 is 1.17 bits per heavy atom. The number of nitrogens with zero attached hydrogens (tertiary/aromatic N) is 2. The molecule has 0 saturated carbocycles. The summed E-state index contributed by atoms with van der Waals surface area (Å²) in [7, 11) is 2.55. The number of nitriles is 1. The summed E-state index contributed by atoms with van der Waals surface area (Å²) in [5, 5.41) is 10.5. The van der Waals surface area contributed by atoms with E-state index in [1.54, 1.807) is 13.4 Å². The molecule has 0 aliphatic carbocycles. The van der Waals surface area contributed by atoms with E-state index < -0.39 is 10.8 Å². The van der Waals surface area contributed by atoms with E-state index >= 15 is 0 Å². The summed E-state index contributed by atoms with van der Waals surface area (Å²) in [5.74, 6) is 0.755. The van der Waals surface area contributed by atoms with Crippen molar-refractivity contribution in [2.45, 2.75) is 4.90 Å². The summed E-state index contributed by atoms with van der Waals surface area (Å²) in [6, 6.07) is 15.5. The van der Waals surface area contributed by atoms with Gasteiger partial charge in [0.25, 0.3) is 0 Å². The van der Waals surface area contributed by atoms with Crippen LogP contribution in [-0.2, 0) is 17.8 Å². The average Bonchev–Trinajstić information content (AvgIpc) is 2.86. The van der Waals surface area contributed by atoms with Gasteiger partial charge in [0, 0.05) is 40.5 Å². The van der Waals surface area contributed by atoms with Crippen LogP contribution in [0.5, 0.6) is 5.75 Å². The number of aryl methyl sites for hydroxylation is 1. The highest BCUT2D eigenvalue weighted by atomic mass is 32.2. The van der Waals surface area contributed by atoms with Crippen LogP contribution in [0.4, 0.5) is 0 Å². The minimum absolute atomic E-state index is 0.635. The molecular formula is C18H16N2O2S. The summed E-state index contributed by atoms with van der Waals surface area (Å²) in [6.07, 6.45) is 1.65. The van der Waals surface area contributed by atoms with E-state index in [9.17, 15) is 9.47 Å². The molecule has 4 nitrogen and oxygen atoms in total. The Morgan fingerprint density at radius 3 is 2.43 bits per heavy atom. The van der Waals surface area contributed by atoms with Crippen molar-refractivity contribution >= 4 is 21.7 Å². The van der Waals surface area contributed by atoms with E-state index in [4.69, 9.17) is 4.74 Å². The lowest BCUT2D eigenvalue weighted by atomic mass is 10.1. The number of aromatic nitrogens is 1. The van der Waals surface area contributed by atoms with Crippen molar-refractivity contribution in [3.05, 3.63) is 48.0 Å². The van der Waals surface area contributed by atoms with Gasteiger partial charge in [-0.1, -0.05) is 12.1 Å². The van der Waals surface area contributed by atoms with Gasteiger partial charge in [-0.05, 0) is 29.8 Å². The first-order valence-corrected chi connectivity index (χ1v) is 8.63. The molecule has 0 bridgehead atoms. The maximum atomic E-state index is 11.5. The predicted octanol–water partition coefficient (Wildman–Crippen LogP) is 3.46. The first kappa shape index (κ1) is 15.3. The Morgan fingerprint density at radius 2 is 1.87 bits per heavy atom. The Hall–Kier alpha value is -2.58. The lowest BCUT2D eigenvalue weighted by Crippen LogP contribution is -1.94. The maximum absolute atomic E-state index is 11.5. The van der Waals surface area contributed by atoms with Crippen LogP contribution in [0.25, 0.3) is 22.2 Å². The van der Waals surface area contributed by atoms with E-state index in [0.29, 0.717) is 5.56 Å². The van der Waals surface area contributed by atoms with Crippen molar-refractivity contribution < 1.29 is 8.95 Å². The molecule has 23 heavy (non-hydrogen) atoms. The summed E-state index contributed by atoms with van der Waals surface area (Å²) in [4.78, 5) is 0.771. The highest BCUT2D eigenvalue weighted by Crippen LogP contribution is 2.34. The average molecular weight is 324 g/mol. The standard InChI is InChI=1S/C18H16N2O2S/c1-20-17-10-13(22-2)6-9-15(17)16(11-19)18(20)12-4-7-14(8-5-12)23(3)21/h4-10H,1-3H3. The molecule has 5 heteroatoms. The molecule has 0 saturated heterocycles. The van der Waals surface area contributed by atoms with Gasteiger partial charge >= 0.3 is 0 Å². The van der Waals surface area contributed by atoms with Gasteiger partial charge in [0.2, 0.25) is 0 Å². The summed E-state index contributed by atoms with van der Waals surface area (Å²) in [5.41, 5.74) is 3.35. The first-order chi connectivity index (χ1) is 11.1. The quantitative estimate of drug-likeness (QED) is 0.741. The molecule has 0 aliphatic heterocycles. The monoisotopic (exact) mass is 324 g/mol. The van der Waals surface area contributed by atoms with Crippen LogP contribution in [0.3, 0.4) is 0 Å². The molecule has 3 rings (SSSR count). The molecule has 116 valence electrons. The fourth-order valence-corrected chi connectivity index (χ4v) is 3.32. The van der Waals surface area contributed by atoms with Crippen LogP contribution in [0.2, 0.25) is 0 Å². The van der Waals surface area contributed by atoms with Crippen molar-refractivity contribution in [3.63, 3.8) is 0 Å².